The normalized spacial score (nSPS) is 10.6. The molecule has 0 radical (unpaired) electrons. The van der Waals surface area contributed by atoms with Crippen molar-refractivity contribution >= 4 is 17.7 Å². The van der Waals surface area contributed by atoms with Crippen LogP contribution in [0.5, 0.6) is 5.75 Å². The van der Waals surface area contributed by atoms with Gasteiger partial charge in [-0.3, -0.25) is 4.79 Å². The molecule has 0 unspecified atom stereocenters. The molecule has 1 N–H and O–H groups in total. The first-order valence-corrected chi connectivity index (χ1v) is 10.5. The van der Waals surface area contributed by atoms with E-state index in [0.29, 0.717) is 24.5 Å². The number of amides is 1. The maximum Gasteiger partial charge on any atom is 0.251 e. The minimum Gasteiger partial charge on any atom is -0.494 e. The van der Waals surface area contributed by atoms with E-state index in [9.17, 15) is 9.18 Å². The summed E-state index contributed by atoms with van der Waals surface area (Å²) in [5.74, 6) is 1.04. The lowest BCUT2D eigenvalue weighted by Crippen LogP contribution is -2.23. The number of thioether (sulfide) groups is 1. The number of halogens is 1. The SMILES string of the molecule is CCOc1ccc(C(=O)NCc2ccc(F)cc2)cc1CSc1ccc(C)cc1. The van der Waals surface area contributed by atoms with Crippen LogP contribution in [0, 0.1) is 12.7 Å². The highest BCUT2D eigenvalue weighted by Gasteiger charge is 2.11. The van der Waals surface area contributed by atoms with Gasteiger partial charge in [-0.05, 0) is 61.9 Å². The second-order valence-electron chi connectivity index (χ2n) is 6.67. The Hall–Kier alpha value is -2.79. The van der Waals surface area contributed by atoms with E-state index in [4.69, 9.17) is 4.74 Å². The molecule has 0 aromatic heterocycles. The quantitative estimate of drug-likeness (QED) is 0.481. The van der Waals surface area contributed by atoms with Gasteiger partial charge in [0, 0.05) is 28.3 Å². The number of carbonyl (C=O) groups is 1. The van der Waals surface area contributed by atoms with Crippen molar-refractivity contribution in [3.05, 3.63) is 94.8 Å². The fourth-order valence-electron chi connectivity index (χ4n) is 2.81. The van der Waals surface area contributed by atoms with Crippen molar-refractivity contribution in [2.75, 3.05) is 6.61 Å². The van der Waals surface area contributed by atoms with E-state index in [1.54, 1.807) is 30.0 Å². The van der Waals surface area contributed by atoms with Crippen LogP contribution in [-0.2, 0) is 12.3 Å². The van der Waals surface area contributed by atoms with Crippen LogP contribution < -0.4 is 10.1 Å². The van der Waals surface area contributed by atoms with Crippen LogP contribution in [0.25, 0.3) is 0 Å². The van der Waals surface area contributed by atoms with Gasteiger partial charge < -0.3 is 10.1 Å². The highest BCUT2D eigenvalue weighted by molar-refractivity contribution is 7.98. The predicted molar refractivity (Wildman–Crippen MR) is 116 cm³/mol. The minimum atomic E-state index is -0.290. The minimum absolute atomic E-state index is 0.168. The molecule has 0 heterocycles. The molecular formula is C24H24FNO2S. The molecule has 0 saturated carbocycles. The predicted octanol–water partition coefficient (Wildman–Crippen LogP) is 5.76. The number of aryl methyl sites for hydroxylation is 1. The molecule has 29 heavy (non-hydrogen) atoms. The molecule has 5 heteroatoms. The summed E-state index contributed by atoms with van der Waals surface area (Å²) in [7, 11) is 0. The summed E-state index contributed by atoms with van der Waals surface area (Å²) < 4.78 is 18.7. The number of benzene rings is 3. The molecule has 0 aliphatic heterocycles. The zero-order valence-corrected chi connectivity index (χ0v) is 17.4. The van der Waals surface area contributed by atoms with Crippen molar-refractivity contribution in [3.63, 3.8) is 0 Å². The lowest BCUT2D eigenvalue weighted by atomic mass is 10.1. The van der Waals surface area contributed by atoms with Gasteiger partial charge in [-0.1, -0.05) is 29.8 Å². The lowest BCUT2D eigenvalue weighted by Gasteiger charge is -2.13. The molecule has 3 aromatic rings. The van der Waals surface area contributed by atoms with Crippen LogP contribution in [0.2, 0.25) is 0 Å². The van der Waals surface area contributed by atoms with E-state index in [2.05, 4.69) is 36.5 Å². The van der Waals surface area contributed by atoms with Crippen LogP contribution in [0.4, 0.5) is 4.39 Å². The number of rotatable bonds is 8. The van der Waals surface area contributed by atoms with E-state index < -0.39 is 0 Å². The van der Waals surface area contributed by atoms with Crippen LogP contribution in [-0.4, -0.2) is 12.5 Å². The van der Waals surface area contributed by atoms with Crippen molar-refractivity contribution in [2.24, 2.45) is 0 Å². The maximum atomic E-state index is 13.0. The van der Waals surface area contributed by atoms with Crippen molar-refractivity contribution in [1.29, 1.82) is 0 Å². The van der Waals surface area contributed by atoms with Crippen molar-refractivity contribution in [3.8, 4) is 5.75 Å². The number of ether oxygens (including phenoxy) is 1. The molecule has 1 amide bonds. The fraction of sp³-hybridized carbons (Fsp3) is 0.208. The van der Waals surface area contributed by atoms with E-state index in [1.807, 2.05) is 19.1 Å². The lowest BCUT2D eigenvalue weighted by molar-refractivity contribution is 0.0951. The summed E-state index contributed by atoms with van der Waals surface area (Å²) in [4.78, 5) is 13.8. The van der Waals surface area contributed by atoms with Gasteiger partial charge in [-0.2, -0.15) is 0 Å². The second kappa shape index (κ2) is 10.1. The summed E-state index contributed by atoms with van der Waals surface area (Å²) in [5, 5.41) is 2.88. The Kier molecular flexibility index (Phi) is 7.30. The maximum absolute atomic E-state index is 13.0. The van der Waals surface area contributed by atoms with Crippen molar-refractivity contribution < 1.29 is 13.9 Å². The summed E-state index contributed by atoms with van der Waals surface area (Å²) in [6, 6.07) is 20.0. The monoisotopic (exact) mass is 409 g/mol. The molecule has 0 saturated heterocycles. The molecule has 0 atom stereocenters. The standard InChI is InChI=1S/C24H24FNO2S/c1-3-28-23-13-8-19(24(27)26-15-18-6-9-21(25)10-7-18)14-20(23)16-29-22-11-4-17(2)5-12-22/h4-14H,3,15-16H2,1-2H3,(H,26,27). The third-order valence-corrected chi connectivity index (χ3v) is 5.47. The molecule has 0 aliphatic carbocycles. The van der Waals surface area contributed by atoms with Gasteiger partial charge in [0.2, 0.25) is 0 Å². The molecule has 0 fully saturated rings. The largest absolute Gasteiger partial charge is 0.494 e. The van der Waals surface area contributed by atoms with E-state index in [0.717, 1.165) is 16.9 Å². The Morgan fingerprint density at radius 3 is 2.45 bits per heavy atom. The first-order chi connectivity index (χ1) is 14.0. The number of carbonyl (C=O) groups excluding carboxylic acids is 1. The number of hydrogen-bond acceptors (Lipinski definition) is 3. The Balaban J connectivity index is 1.69. The smallest absolute Gasteiger partial charge is 0.251 e. The molecule has 150 valence electrons. The Morgan fingerprint density at radius 2 is 1.76 bits per heavy atom. The summed E-state index contributed by atoms with van der Waals surface area (Å²) in [6.07, 6.45) is 0. The molecule has 0 bridgehead atoms. The molecule has 0 spiro atoms. The molecule has 3 aromatic carbocycles. The van der Waals surface area contributed by atoms with Gasteiger partial charge in [0.05, 0.1) is 6.61 Å². The number of hydrogen-bond donors (Lipinski definition) is 1. The van der Waals surface area contributed by atoms with E-state index in [1.165, 1.54) is 22.6 Å². The van der Waals surface area contributed by atoms with Gasteiger partial charge in [0.15, 0.2) is 0 Å². The van der Waals surface area contributed by atoms with E-state index in [-0.39, 0.29) is 11.7 Å². The Morgan fingerprint density at radius 1 is 1.03 bits per heavy atom. The molecule has 0 aliphatic rings. The zero-order chi connectivity index (χ0) is 20.6. The highest BCUT2D eigenvalue weighted by atomic mass is 32.2. The molecule has 3 rings (SSSR count). The van der Waals surface area contributed by atoms with Crippen molar-refractivity contribution in [2.45, 2.75) is 31.0 Å². The molecular weight excluding hydrogens is 385 g/mol. The second-order valence-corrected chi connectivity index (χ2v) is 7.72. The van der Waals surface area contributed by atoms with Crippen LogP contribution in [0.3, 0.4) is 0 Å². The average Bonchev–Trinajstić information content (AvgIpc) is 2.73. The third-order valence-electron chi connectivity index (χ3n) is 4.40. The first kappa shape index (κ1) is 20.9. The first-order valence-electron chi connectivity index (χ1n) is 9.53. The third kappa shape index (κ3) is 6.09. The van der Waals surface area contributed by atoms with Crippen LogP contribution in [0.1, 0.15) is 34.0 Å². The zero-order valence-electron chi connectivity index (χ0n) is 16.6. The van der Waals surface area contributed by atoms with Crippen molar-refractivity contribution in [1.82, 2.24) is 5.32 Å². The molecule has 3 nitrogen and oxygen atoms in total. The van der Waals surface area contributed by atoms with Gasteiger partial charge >= 0.3 is 0 Å². The van der Waals surface area contributed by atoms with Gasteiger partial charge in [-0.15, -0.1) is 11.8 Å². The van der Waals surface area contributed by atoms with Gasteiger partial charge in [0.25, 0.3) is 5.91 Å². The Labute approximate surface area is 175 Å². The topological polar surface area (TPSA) is 38.3 Å². The summed E-state index contributed by atoms with van der Waals surface area (Å²) in [6.45, 7) is 4.92. The highest BCUT2D eigenvalue weighted by Crippen LogP contribution is 2.29. The van der Waals surface area contributed by atoms with Crippen LogP contribution >= 0.6 is 11.8 Å². The summed E-state index contributed by atoms with van der Waals surface area (Å²) >= 11 is 1.71. The van der Waals surface area contributed by atoms with Crippen LogP contribution in [0.15, 0.2) is 71.6 Å². The number of nitrogens with one attached hydrogen (secondary N) is 1. The average molecular weight is 410 g/mol. The fourth-order valence-corrected chi connectivity index (χ4v) is 3.69. The summed E-state index contributed by atoms with van der Waals surface area (Å²) in [5.41, 5.74) is 3.63. The van der Waals surface area contributed by atoms with Gasteiger partial charge in [-0.25, -0.2) is 4.39 Å². The Bertz CT molecular complexity index is 956. The van der Waals surface area contributed by atoms with E-state index >= 15 is 0 Å². The van der Waals surface area contributed by atoms with Gasteiger partial charge in [0.1, 0.15) is 11.6 Å².